The third-order valence-electron chi connectivity index (χ3n) is 5.66. The maximum Gasteiger partial charge on any atom is 0.220 e. The molecule has 0 spiro atoms. The molecule has 4 heteroatoms. The van der Waals surface area contributed by atoms with Crippen LogP contribution in [-0.2, 0) is 11.2 Å². The van der Waals surface area contributed by atoms with Crippen LogP contribution in [0, 0.1) is 11.3 Å². The highest BCUT2D eigenvalue weighted by molar-refractivity contribution is 5.85. The van der Waals surface area contributed by atoms with Crippen LogP contribution in [0.3, 0.4) is 0 Å². The molecule has 2 fully saturated rings. The van der Waals surface area contributed by atoms with Crippen molar-refractivity contribution < 1.29 is 4.79 Å². The van der Waals surface area contributed by atoms with Crippen LogP contribution in [0.4, 0.5) is 0 Å². The smallest absolute Gasteiger partial charge is 0.220 e. The summed E-state index contributed by atoms with van der Waals surface area (Å²) in [6.07, 6.45) is 8.81. The number of rotatable bonds is 6. The minimum absolute atomic E-state index is 0. The molecule has 0 aliphatic heterocycles. The van der Waals surface area contributed by atoms with Gasteiger partial charge in [-0.05, 0) is 49.0 Å². The SMILES string of the molecule is Cl.N[C@@H]1CCC[C@H]1CC(=O)NCC1(Cc2ccccc2)CCC1. The summed E-state index contributed by atoms with van der Waals surface area (Å²) in [5.74, 6) is 0.591. The Morgan fingerprint density at radius 2 is 1.91 bits per heavy atom. The first-order valence-electron chi connectivity index (χ1n) is 8.73. The number of halogens is 1. The van der Waals surface area contributed by atoms with E-state index < -0.39 is 0 Å². The Hall–Kier alpha value is -1.06. The van der Waals surface area contributed by atoms with Crippen molar-refractivity contribution in [2.45, 2.75) is 57.4 Å². The topological polar surface area (TPSA) is 55.1 Å². The average Bonchev–Trinajstić information content (AvgIpc) is 2.88. The van der Waals surface area contributed by atoms with Crippen LogP contribution in [0.25, 0.3) is 0 Å². The second kappa shape index (κ2) is 8.16. The number of amides is 1. The van der Waals surface area contributed by atoms with Crippen molar-refractivity contribution >= 4 is 18.3 Å². The summed E-state index contributed by atoms with van der Waals surface area (Å²) in [5.41, 5.74) is 7.74. The molecule has 128 valence electrons. The number of hydrogen-bond acceptors (Lipinski definition) is 2. The van der Waals surface area contributed by atoms with Gasteiger partial charge in [-0.1, -0.05) is 43.2 Å². The van der Waals surface area contributed by atoms with Gasteiger partial charge in [-0.15, -0.1) is 12.4 Å². The fourth-order valence-electron chi connectivity index (χ4n) is 4.04. The summed E-state index contributed by atoms with van der Waals surface area (Å²) in [7, 11) is 0. The molecule has 3 rings (SSSR count). The molecule has 0 radical (unpaired) electrons. The van der Waals surface area contributed by atoms with Crippen molar-refractivity contribution in [2.75, 3.05) is 6.54 Å². The summed E-state index contributed by atoms with van der Waals surface area (Å²) in [6, 6.07) is 10.9. The van der Waals surface area contributed by atoms with Gasteiger partial charge in [0.15, 0.2) is 0 Å². The fourth-order valence-corrected chi connectivity index (χ4v) is 4.04. The van der Waals surface area contributed by atoms with E-state index in [-0.39, 0.29) is 29.8 Å². The summed E-state index contributed by atoms with van der Waals surface area (Å²) < 4.78 is 0. The Kier molecular flexibility index (Phi) is 6.49. The molecule has 3 N–H and O–H groups in total. The van der Waals surface area contributed by atoms with Gasteiger partial charge < -0.3 is 11.1 Å². The van der Waals surface area contributed by atoms with Crippen LogP contribution in [-0.4, -0.2) is 18.5 Å². The number of carbonyl (C=O) groups is 1. The Bertz CT molecular complexity index is 501. The number of carbonyl (C=O) groups excluding carboxylic acids is 1. The summed E-state index contributed by atoms with van der Waals surface area (Å²) >= 11 is 0. The van der Waals surface area contributed by atoms with Crippen molar-refractivity contribution in [1.82, 2.24) is 5.32 Å². The lowest BCUT2D eigenvalue weighted by Crippen LogP contribution is -2.44. The molecular weight excluding hydrogens is 308 g/mol. The molecule has 23 heavy (non-hydrogen) atoms. The van der Waals surface area contributed by atoms with Crippen LogP contribution in [0.15, 0.2) is 30.3 Å². The first-order valence-corrected chi connectivity index (χ1v) is 8.73. The van der Waals surface area contributed by atoms with E-state index in [0.717, 1.165) is 25.8 Å². The predicted octanol–water partition coefficient (Wildman–Crippen LogP) is 3.45. The molecule has 1 amide bonds. The highest BCUT2D eigenvalue weighted by atomic mass is 35.5. The summed E-state index contributed by atoms with van der Waals surface area (Å²) in [4.78, 5) is 12.2. The largest absolute Gasteiger partial charge is 0.356 e. The molecule has 0 heterocycles. The van der Waals surface area contributed by atoms with Crippen molar-refractivity contribution in [2.24, 2.45) is 17.1 Å². The molecule has 2 aliphatic carbocycles. The van der Waals surface area contributed by atoms with Crippen molar-refractivity contribution in [1.29, 1.82) is 0 Å². The molecule has 0 aromatic heterocycles. The van der Waals surface area contributed by atoms with Crippen molar-refractivity contribution in [3.8, 4) is 0 Å². The number of benzene rings is 1. The van der Waals surface area contributed by atoms with E-state index in [1.165, 1.54) is 31.2 Å². The molecule has 2 aliphatic rings. The standard InChI is InChI=1S/C19H28N2O.ClH/c20-17-9-4-8-16(17)12-18(22)21-14-19(10-5-11-19)13-15-6-2-1-3-7-15;/h1-3,6-7,16-17H,4-5,8-14,20H2,(H,21,22);1H/t16-,17+;/m0./s1. The second-order valence-electron chi connectivity index (χ2n) is 7.35. The molecule has 2 saturated carbocycles. The zero-order chi connectivity index (χ0) is 15.4. The van der Waals surface area contributed by atoms with Crippen LogP contribution in [0.1, 0.15) is 50.5 Å². The lowest BCUT2D eigenvalue weighted by Gasteiger charge is -2.42. The zero-order valence-corrected chi connectivity index (χ0v) is 14.6. The van der Waals surface area contributed by atoms with E-state index in [9.17, 15) is 4.79 Å². The van der Waals surface area contributed by atoms with Crippen LogP contribution in [0.5, 0.6) is 0 Å². The quantitative estimate of drug-likeness (QED) is 0.836. The second-order valence-corrected chi connectivity index (χ2v) is 7.35. The predicted molar refractivity (Wildman–Crippen MR) is 96.6 cm³/mol. The molecule has 1 aromatic rings. The summed E-state index contributed by atoms with van der Waals surface area (Å²) in [5, 5.41) is 3.20. The minimum Gasteiger partial charge on any atom is -0.356 e. The molecule has 1 aromatic carbocycles. The number of hydrogen-bond donors (Lipinski definition) is 2. The maximum atomic E-state index is 12.2. The Labute approximate surface area is 145 Å². The van der Waals surface area contributed by atoms with Gasteiger partial charge in [0, 0.05) is 19.0 Å². The van der Waals surface area contributed by atoms with E-state index in [4.69, 9.17) is 5.73 Å². The molecular formula is C19H29ClN2O. The lowest BCUT2D eigenvalue weighted by atomic mass is 9.65. The monoisotopic (exact) mass is 336 g/mol. The van der Waals surface area contributed by atoms with Crippen LogP contribution < -0.4 is 11.1 Å². The van der Waals surface area contributed by atoms with Gasteiger partial charge in [0.25, 0.3) is 0 Å². The number of nitrogens with two attached hydrogens (primary N) is 1. The third-order valence-corrected chi connectivity index (χ3v) is 5.66. The number of nitrogens with one attached hydrogen (secondary N) is 1. The van der Waals surface area contributed by atoms with Crippen LogP contribution in [0.2, 0.25) is 0 Å². The van der Waals surface area contributed by atoms with Crippen molar-refractivity contribution in [3.05, 3.63) is 35.9 Å². The molecule has 0 bridgehead atoms. The van der Waals surface area contributed by atoms with E-state index in [1.807, 2.05) is 0 Å². The molecule has 0 saturated heterocycles. The van der Waals surface area contributed by atoms with Gasteiger partial charge in [-0.25, -0.2) is 0 Å². The Morgan fingerprint density at radius 3 is 2.48 bits per heavy atom. The maximum absolute atomic E-state index is 12.2. The van der Waals surface area contributed by atoms with Crippen molar-refractivity contribution in [3.63, 3.8) is 0 Å². The first-order chi connectivity index (χ1) is 10.7. The van der Waals surface area contributed by atoms with Gasteiger partial charge in [0.1, 0.15) is 0 Å². The normalized spacial score (nSPS) is 25.3. The lowest BCUT2D eigenvalue weighted by molar-refractivity contribution is -0.123. The molecule has 3 nitrogen and oxygen atoms in total. The van der Waals surface area contributed by atoms with Gasteiger partial charge in [-0.3, -0.25) is 4.79 Å². The fraction of sp³-hybridized carbons (Fsp3) is 0.632. The Morgan fingerprint density at radius 1 is 1.17 bits per heavy atom. The van der Waals surface area contributed by atoms with E-state index in [0.29, 0.717) is 12.3 Å². The van der Waals surface area contributed by atoms with Gasteiger partial charge in [0.2, 0.25) is 5.91 Å². The third kappa shape index (κ3) is 4.71. The van der Waals surface area contributed by atoms with E-state index in [1.54, 1.807) is 0 Å². The van der Waals surface area contributed by atoms with E-state index >= 15 is 0 Å². The first kappa shape index (κ1) is 18.3. The van der Waals surface area contributed by atoms with Crippen LogP contribution >= 0.6 is 12.4 Å². The van der Waals surface area contributed by atoms with Gasteiger partial charge >= 0.3 is 0 Å². The summed E-state index contributed by atoms with van der Waals surface area (Å²) in [6.45, 7) is 0.822. The molecule has 2 atom stereocenters. The highest BCUT2D eigenvalue weighted by Gasteiger charge is 2.37. The zero-order valence-electron chi connectivity index (χ0n) is 13.8. The van der Waals surface area contributed by atoms with E-state index in [2.05, 4.69) is 35.6 Å². The Balaban J connectivity index is 0.00000192. The average molecular weight is 337 g/mol. The van der Waals surface area contributed by atoms with Gasteiger partial charge in [-0.2, -0.15) is 0 Å². The highest BCUT2D eigenvalue weighted by Crippen LogP contribution is 2.43. The van der Waals surface area contributed by atoms with Gasteiger partial charge in [0.05, 0.1) is 0 Å². The molecule has 0 unspecified atom stereocenters. The minimum atomic E-state index is 0.